The molecule has 0 aliphatic heterocycles. The summed E-state index contributed by atoms with van der Waals surface area (Å²) in [4.78, 5) is 0. The standard InChI is InChI=1S/C17H19F2N/c1-10-7-11(2)17(12(3)8-10)20-13(4)15-9-14(18)5-6-16(15)19/h5-9,13,20H,1-4H3. The first-order valence-electron chi connectivity index (χ1n) is 6.68. The van der Waals surface area contributed by atoms with E-state index < -0.39 is 11.6 Å². The molecule has 0 bridgehead atoms. The van der Waals surface area contributed by atoms with Gasteiger partial charge in [0.05, 0.1) is 6.04 Å². The van der Waals surface area contributed by atoms with Crippen LogP contribution in [0, 0.1) is 32.4 Å². The summed E-state index contributed by atoms with van der Waals surface area (Å²) >= 11 is 0. The highest BCUT2D eigenvalue weighted by Gasteiger charge is 2.14. The minimum Gasteiger partial charge on any atom is -0.378 e. The third-order valence-corrected chi connectivity index (χ3v) is 3.46. The average Bonchev–Trinajstić information content (AvgIpc) is 2.36. The zero-order valence-electron chi connectivity index (χ0n) is 12.2. The zero-order valence-corrected chi connectivity index (χ0v) is 12.2. The largest absolute Gasteiger partial charge is 0.378 e. The van der Waals surface area contributed by atoms with Gasteiger partial charge in [0.2, 0.25) is 0 Å². The van der Waals surface area contributed by atoms with E-state index in [-0.39, 0.29) is 6.04 Å². The predicted molar refractivity (Wildman–Crippen MR) is 79.0 cm³/mol. The molecule has 0 aliphatic carbocycles. The highest BCUT2D eigenvalue weighted by atomic mass is 19.1. The minimum absolute atomic E-state index is 0.300. The lowest BCUT2D eigenvalue weighted by molar-refractivity contribution is 0.577. The van der Waals surface area contributed by atoms with E-state index in [1.54, 1.807) is 0 Å². The quantitative estimate of drug-likeness (QED) is 0.825. The second-order valence-electron chi connectivity index (χ2n) is 5.31. The van der Waals surface area contributed by atoms with Crippen LogP contribution < -0.4 is 5.32 Å². The minimum atomic E-state index is -0.424. The van der Waals surface area contributed by atoms with E-state index in [2.05, 4.69) is 17.4 Å². The molecule has 1 unspecified atom stereocenters. The van der Waals surface area contributed by atoms with Gasteiger partial charge in [-0.2, -0.15) is 0 Å². The summed E-state index contributed by atoms with van der Waals surface area (Å²) in [6, 6.07) is 7.39. The Balaban J connectivity index is 2.32. The first kappa shape index (κ1) is 14.5. The topological polar surface area (TPSA) is 12.0 Å². The second kappa shape index (κ2) is 5.61. The molecule has 0 fully saturated rings. The third kappa shape index (κ3) is 2.98. The Labute approximate surface area is 118 Å². The second-order valence-corrected chi connectivity index (χ2v) is 5.31. The van der Waals surface area contributed by atoms with Gasteiger partial charge in [-0.1, -0.05) is 17.7 Å². The summed E-state index contributed by atoms with van der Waals surface area (Å²) < 4.78 is 27.0. The van der Waals surface area contributed by atoms with E-state index in [1.807, 2.05) is 27.7 Å². The number of rotatable bonds is 3. The number of halogens is 2. The molecule has 0 aromatic heterocycles. The SMILES string of the molecule is Cc1cc(C)c(NC(C)c2cc(F)ccc2F)c(C)c1. The summed E-state index contributed by atoms with van der Waals surface area (Å²) in [6.07, 6.45) is 0. The van der Waals surface area contributed by atoms with Gasteiger partial charge < -0.3 is 5.32 Å². The maximum atomic E-state index is 13.8. The Kier molecular flexibility index (Phi) is 4.07. The van der Waals surface area contributed by atoms with E-state index in [4.69, 9.17) is 0 Å². The van der Waals surface area contributed by atoms with Crippen LogP contribution in [0.25, 0.3) is 0 Å². The monoisotopic (exact) mass is 275 g/mol. The van der Waals surface area contributed by atoms with Crippen molar-refractivity contribution in [3.8, 4) is 0 Å². The molecule has 0 saturated carbocycles. The van der Waals surface area contributed by atoms with Gasteiger partial charge in [-0.25, -0.2) is 8.78 Å². The predicted octanol–water partition coefficient (Wildman–Crippen LogP) is 5.06. The molecule has 3 heteroatoms. The molecule has 0 heterocycles. The first-order valence-corrected chi connectivity index (χ1v) is 6.68. The lowest BCUT2D eigenvalue weighted by atomic mass is 10.0. The van der Waals surface area contributed by atoms with E-state index in [9.17, 15) is 8.78 Å². The lowest BCUT2D eigenvalue weighted by Crippen LogP contribution is -2.11. The van der Waals surface area contributed by atoms with E-state index in [1.165, 1.54) is 11.6 Å². The van der Waals surface area contributed by atoms with Crippen LogP contribution >= 0.6 is 0 Å². The van der Waals surface area contributed by atoms with Gasteiger partial charge in [-0.05, 0) is 57.0 Å². The van der Waals surface area contributed by atoms with Crippen LogP contribution in [-0.4, -0.2) is 0 Å². The first-order chi connectivity index (χ1) is 9.38. The van der Waals surface area contributed by atoms with E-state index >= 15 is 0 Å². The van der Waals surface area contributed by atoms with Crippen molar-refractivity contribution < 1.29 is 8.78 Å². The molecule has 2 rings (SSSR count). The number of hydrogen-bond acceptors (Lipinski definition) is 1. The van der Waals surface area contributed by atoms with Crippen LogP contribution in [0.5, 0.6) is 0 Å². The Bertz CT molecular complexity index is 612. The molecule has 1 nitrogen and oxygen atoms in total. The van der Waals surface area contributed by atoms with Crippen molar-refractivity contribution in [2.75, 3.05) is 5.32 Å². The number of anilines is 1. The van der Waals surface area contributed by atoms with E-state index in [0.29, 0.717) is 5.56 Å². The summed E-state index contributed by atoms with van der Waals surface area (Å²) in [6.45, 7) is 7.89. The number of aryl methyl sites for hydroxylation is 3. The molecule has 2 aromatic carbocycles. The van der Waals surface area contributed by atoms with Crippen LogP contribution in [0.15, 0.2) is 30.3 Å². The van der Waals surface area contributed by atoms with Crippen LogP contribution in [-0.2, 0) is 0 Å². The number of hydrogen-bond donors (Lipinski definition) is 1. The van der Waals surface area contributed by atoms with Gasteiger partial charge in [-0.3, -0.25) is 0 Å². The van der Waals surface area contributed by atoms with Gasteiger partial charge in [0, 0.05) is 11.3 Å². The van der Waals surface area contributed by atoms with Gasteiger partial charge in [-0.15, -0.1) is 0 Å². The highest BCUT2D eigenvalue weighted by molar-refractivity contribution is 5.59. The smallest absolute Gasteiger partial charge is 0.128 e. The molecular formula is C17H19F2N. The normalized spacial score (nSPS) is 12.3. The lowest BCUT2D eigenvalue weighted by Gasteiger charge is -2.20. The molecule has 1 atom stereocenters. The van der Waals surface area contributed by atoms with Crippen molar-refractivity contribution >= 4 is 5.69 Å². The van der Waals surface area contributed by atoms with Crippen molar-refractivity contribution in [1.82, 2.24) is 0 Å². The highest BCUT2D eigenvalue weighted by Crippen LogP contribution is 2.28. The Morgan fingerprint density at radius 3 is 2.15 bits per heavy atom. The summed E-state index contributed by atoms with van der Waals surface area (Å²) in [5.41, 5.74) is 4.71. The summed E-state index contributed by atoms with van der Waals surface area (Å²) in [5, 5.41) is 3.28. The number of nitrogens with one attached hydrogen (secondary N) is 1. The van der Waals surface area contributed by atoms with Crippen LogP contribution in [0.4, 0.5) is 14.5 Å². The van der Waals surface area contributed by atoms with E-state index in [0.717, 1.165) is 28.9 Å². The van der Waals surface area contributed by atoms with Gasteiger partial charge in [0.25, 0.3) is 0 Å². The molecule has 0 radical (unpaired) electrons. The average molecular weight is 275 g/mol. The number of benzene rings is 2. The van der Waals surface area contributed by atoms with Crippen LogP contribution in [0.2, 0.25) is 0 Å². The molecular weight excluding hydrogens is 256 g/mol. The van der Waals surface area contributed by atoms with Crippen molar-refractivity contribution in [3.05, 3.63) is 64.2 Å². The Hall–Kier alpha value is -1.90. The fraction of sp³-hybridized carbons (Fsp3) is 0.294. The maximum Gasteiger partial charge on any atom is 0.128 e. The maximum absolute atomic E-state index is 13.8. The fourth-order valence-electron chi connectivity index (χ4n) is 2.55. The van der Waals surface area contributed by atoms with Crippen LogP contribution in [0.3, 0.4) is 0 Å². The van der Waals surface area contributed by atoms with Gasteiger partial charge in [0.1, 0.15) is 11.6 Å². The van der Waals surface area contributed by atoms with Crippen molar-refractivity contribution in [2.24, 2.45) is 0 Å². The Morgan fingerprint density at radius 1 is 0.950 bits per heavy atom. The van der Waals surface area contributed by atoms with Crippen LogP contribution in [0.1, 0.15) is 35.2 Å². The van der Waals surface area contributed by atoms with Gasteiger partial charge >= 0.3 is 0 Å². The molecule has 0 saturated heterocycles. The molecule has 106 valence electrons. The molecule has 0 spiro atoms. The van der Waals surface area contributed by atoms with Crippen molar-refractivity contribution in [1.29, 1.82) is 0 Å². The fourth-order valence-corrected chi connectivity index (χ4v) is 2.55. The molecule has 20 heavy (non-hydrogen) atoms. The summed E-state index contributed by atoms with van der Waals surface area (Å²) in [7, 11) is 0. The molecule has 0 aliphatic rings. The third-order valence-electron chi connectivity index (χ3n) is 3.46. The Morgan fingerprint density at radius 2 is 1.55 bits per heavy atom. The van der Waals surface area contributed by atoms with Gasteiger partial charge in [0.15, 0.2) is 0 Å². The van der Waals surface area contributed by atoms with Crippen molar-refractivity contribution in [3.63, 3.8) is 0 Å². The molecule has 0 amide bonds. The van der Waals surface area contributed by atoms with Crippen molar-refractivity contribution in [2.45, 2.75) is 33.7 Å². The zero-order chi connectivity index (χ0) is 14.9. The molecule has 2 aromatic rings. The summed E-state index contributed by atoms with van der Waals surface area (Å²) in [5.74, 6) is -0.818. The molecule has 1 N–H and O–H groups in total.